The first-order chi connectivity index (χ1) is 26.8. The normalized spacial score (nSPS) is 25.6. The molecule has 0 spiro atoms. The SMILES string of the molecule is O=S(=O)([O-])[O-].O=S(=O)([O-])[O-].O=S(=O)([O-])[O-].O=S(=O)([O-])[O-].O=S(=O)([O-])[O-].O=S(=O)([O-])[O-].O=S(=O)([O-])[O-].O=S(=O)([O-])[O-].OC[C@H]1O[C@@](CO)(O[C@H]2O[C@H](CO)[C@@H](O)[C@H](O)[C@H]2O)[C@@H](O)[C@@H]1O.[Bi]. The molecule has 0 saturated carbocycles. The largest absolute Gasteiger partial charge is 0.759 e. The van der Waals surface area contributed by atoms with Gasteiger partial charge < -0.3 is 128 Å². The van der Waals surface area contributed by atoms with Crippen LogP contribution in [0.15, 0.2) is 0 Å². The maximum Gasteiger partial charge on any atom is 0.224 e. The first-order valence-corrected chi connectivity index (χ1v) is 23.0. The molecule has 2 saturated heterocycles. The van der Waals surface area contributed by atoms with E-state index >= 15 is 0 Å². The van der Waals surface area contributed by atoms with Crippen LogP contribution in [-0.4, -0.2) is 282 Å². The Kier molecular flexibility index (Phi) is 42.5. The summed E-state index contributed by atoms with van der Waals surface area (Å²) in [6, 6.07) is 0. The molecule has 0 bridgehead atoms. The molecule has 43 nitrogen and oxygen atoms in total. The quantitative estimate of drug-likeness (QED) is 0.0720. The Balaban J connectivity index is -0.000000105. The van der Waals surface area contributed by atoms with Crippen LogP contribution in [0.4, 0.5) is 0 Å². The number of hydrogen-bond acceptors (Lipinski definition) is 43. The van der Waals surface area contributed by atoms with Gasteiger partial charge in [0.25, 0.3) is 0 Å². The summed E-state index contributed by atoms with van der Waals surface area (Å²) in [5, 5.41) is 76.7. The van der Waals surface area contributed by atoms with Gasteiger partial charge in [-0.1, -0.05) is 0 Å². The van der Waals surface area contributed by atoms with Crippen LogP contribution in [0.25, 0.3) is 0 Å². The maximum absolute atomic E-state index is 10.00. The van der Waals surface area contributed by atoms with Crippen molar-refractivity contribution in [1.82, 2.24) is 0 Å². The van der Waals surface area contributed by atoms with Crippen molar-refractivity contribution in [2.24, 2.45) is 0 Å². The first kappa shape index (κ1) is 80.4. The number of hydrogen-bond donors (Lipinski definition) is 8. The molecule has 64 heavy (non-hydrogen) atoms. The molecular formula is C12H22BiO43S8-16. The average Bonchev–Trinajstić information content (AvgIpc) is 3.15. The van der Waals surface area contributed by atoms with E-state index in [0.717, 1.165) is 0 Å². The predicted molar refractivity (Wildman–Crippen MR) is 158 cm³/mol. The Morgan fingerprint density at radius 1 is 0.391 bits per heavy atom. The molecule has 52 heteroatoms. The summed E-state index contributed by atoms with van der Waals surface area (Å²) in [6.07, 6.45) is -12.7. The summed E-state index contributed by atoms with van der Waals surface area (Å²) in [7, 11) is -41.3. The van der Waals surface area contributed by atoms with E-state index < -0.39 is 158 Å². The van der Waals surface area contributed by atoms with Crippen molar-refractivity contribution in [2.45, 2.75) is 54.8 Å². The Morgan fingerprint density at radius 3 is 0.781 bits per heavy atom. The van der Waals surface area contributed by atoms with Crippen molar-refractivity contribution < 1.29 is 195 Å². The third-order valence-electron chi connectivity index (χ3n) is 4.07. The molecule has 3 radical (unpaired) electrons. The monoisotopic (exact) mass is 1320 g/mol. The van der Waals surface area contributed by atoms with Crippen LogP contribution in [-0.2, 0) is 97.4 Å². The van der Waals surface area contributed by atoms with Gasteiger partial charge in [0.05, 0.1) is 13.2 Å². The Labute approximate surface area is 377 Å². The average molecular weight is 1320 g/mol. The van der Waals surface area contributed by atoms with E-state index in [9.17, 15) is 30.6 Å². The number of rotatable bonds is 5. The maximum atomic E-state index is 10.00. The van der Waals surface area contributed by atoms with Gasteiger partial charge in [0, 0.05) is 109 Å². The summed E-state index contributed by atoms with van der Waals surface area (Å²) < 4.78 is 288. The number of aliphatic hydroxyl groups excluding tert-OH is 8. The molecule has 2 fully saturated rings. The van der Waals surface area contributed by atoms with Crippen molar-refractivity contribution in [1.29, 1.82) is 0 Å². The topological polar surface area (TPSA) is 832 Å². The molecular weight excluding hydrogens is 1300 g/mol. The van der Waals surface area contributed by atoms with Gasteiger partial charge in [0.1, 0.15) is 49.3 Å². The smallest absolute Gasteiger partial charge is 0.224 e. The second-order valence-corrected chi connectivity index (χ2v) is 15.4. The summed E-state index contributed by atoms with van der Waals surface area (Å²) in [6.45, 7) is -2.32. The first-order valence-electron chi connectivity index (χ1n) is 12.4. The summed E-state index contributed by atoms with van der Waals surface area (Å²) >= 11 is 0. The minimum atomic E-state index is -5.17. The van der Waals surface area contributed by atoms with Gasteiger partial charge in [-0.3, -0.25) is 67.3 Å². The van der Waals surface area contributed by atoms with Crippen molar-refractivity contribution in [3.63, 3.8) is 0 Å². The van der Waals surface area contributed by atoms with E-state index in [1.165, 1.54) is 0 Å². The Morgan fingerprint density at radius 2 is 0.609 bits per heavy atom. The molecule has 2 heterocycles. The van der Waals surface area contributed by atoms with E-state index in [2.05, 4.69) is 0 Å². The zero-order valence-corrected chi connectivity index (χ0v) is 38.8. The predicted octanol–water partition coefficient (Wildman–Crippen LogP) is -16.5. The fraction of sp³-hybridized carbons (Fsp3) is 1.00. The molecule has 0 aliphatic carbocycles. The molecule has 8 N–H and O–H groups in total. The number of aliphatic hydroxyl groups is 8. The van der Waals surface area contributed by atoms with Crippen LogP contribution < -0.4 is 0 Å². The van der Waals surface area contributed by atoms with Gasteiger partial charge >= 0.3 is 0 Å². The van der Waals surface area contributed by atoms with E-state index in [0.29, 0.717) is 0 Å². The van der Waals surface area contributed by atoms with Crippen LogP contribution >= 0.6 is 0 Å². The molecule has 2 aliphatic heterocycles. The Hall–Kier alpha value is -0.597. The van der Waals surface area contributed by atoms with Crippen LogP contribution in [0.3, 0.4) is 0 Å². The minimum Gasteiger partial charge on any atom is -0.759 e. The summed E-state index contributed by atoms with van der Waals surface area (Å²) in [5.41, 5.74) is 0. The summed E-state index contributed by atoms with van der Waals surface area (Å²) in [5.74, 6) is -2.22. The molecule has 2 aliphatic rings. The zero-order chi connectivity index (χ0) is 53.4. The van der Waals surface area contributed by atoms with Gasteiger partial charge in [0.2, 0.25) is 5.79 Å². The van der Waals surface area contributed by atoms with Crippen molar-refractivity contribution >= 4 is 109 Å². The van der Waals surface area contributed by atoms with Crippen LogP contribution in [0.5, 0.6) is 0 Å². The second kappa shape index (κ2) is 33.8. The van der Waals surface area contributed by atoms with Crippen molar-refractivity contribution in [2.75, 3.05) is 19.8 Å². The van der Waals surface area contributed by atoms with Crippen molar-refractivity contribution in [3.05, 3.63) is 0 Å². The molecule has 397 valence electrons. The molecule has 0 aromatic carbocycles. The fourth-order valence-electron chi connectivity index (χ4n) is 2.63. The molecule has 0 aromatic rings. The van der Waals surface area contributed by atoms with E-state index in [1.807, 2.05) is 0 Å². The van der Waals surface area contributed by atoms with Crippen LogP contribution in [0.2, 0.25) is 0 Å². The molecule has 0 unspecified atom stereocenters. The van der Waals surface area contributed by atoms with Gasteiger partial charge in [0.15, 0.2) is 6.29 Å². The van der Waals surface area contributed by atoms with E-state index in [1.54, 1.807) is 0 Å². The van der Waals surface area contributed by atoms with Gasteiger partial charge in [-0.05, 0) is 0 Å². The van der Waals surface area contributed by atoms with E-state index in [-0.39, 0.29) is 26.2 Å². The molecule has 0 amide bonds. The Bertz CT molecular complexity index is 1720. The van der Waals surface area contributed by atoms with Gasteiger partial charge in [-0.15, -0.1) is 0 Å². The minimum absolute atomic E-state index is 0. The second-order valence-electron chi connectivity index (χ2n) is 8.83. The van der Waals surface area contributed by atoms with Crippen LogP contribution in [0.1, 0.15) is 0 Å². The zero-order valence-electron chi connectivity index (χ0n) is 28.8. The number of ether oxygens (including phenoxy) is 3. The third kappa shape index (κ3) is 88.2. The fourth-order valence-corrected chi connectivity index (χ4v) is 2.63. The summed E-state index contributed by atoms with van der Waals surface area (Å²) in [4.78, 5) is 0. The molecule has 2 rings (SSSR count). The van der Waals surface area contributed by atoms with E-state index in [4.69, 9.17) is 165 Å². The molecule has 9 atom stereocenters. The van der Waals surface area contributed by atoms with Gasteiger partial charge in [-0.2, -0.15) is 0 Å². The van der Waals surface area contributed by atoms with Gasteiger partial charge in [-0.25, -0.2) is 0 Å². The molecule has 0 aromatic heterocycles. The van der Waals surface area contributed by atoms with Crippen LogP contribution in [0, 0.1) is 0 Å². The third-order valence-corrected chi connectivity index (χ3v) is 4.07. The van der Waals surface area contributed by atoms with Crippen molar-refractivity contribution in [3.8, 4) is 0 Å². The standard InChI is InChI=1S/C12H22O11.Bi.8H2O4S/c13-1-4-6(16)8(18)9(19)11(21-4)23-12(3-15)10(20)7(17)5(2-14)22-12;;8*1-5(2,3)4/h4-11,13-20H,1-3H2;;8*(H2,1,2,3,4)/p-16/t4-,5-,6-,7-,8+,9-,10+,11-,12+;;;;;;;;;/m1........./s1.